The Morgan fingerprint density at radius 1 is 1.12 bits per heavy atom. The first-order chi connectivity index (χ1) is 15.0. The largest absolute Gasteiger partial charge is 0.480 e. The van der Waals surface area contributed by atoms with Gasteiger partial charge < -0.3 is 9.84 Å². The number of nitrogens with zero attached hydrogens (tertiary/aromatic N) is 2. The molecular formula is C24H29ClN2O5. The second kappa shape index (κ2) is 12.1. The number of benzene rings is 2. The van der Waals surface area contributed by atoms with Crippen LogP contribution in [0.2, 0.25) is 0 Å². The molecule has 0 aromatic heterocycles. The van der Waals surface area contributed by atoms with Crippen LogP contribution in [0.1, 0.15) is 30.9 Å². The summed E-state index contributed by atoms with van der Waals surface area (Å²) < 4.78 is 5.24. The van der Waals surface area contributed by atoms with Gasteiger partial charge in [-0.1, -0.05) is 48.5 Å². The van der Waals surface area contributed by atoms with E-state index in [2.05, 4.69) is 0 Å². The van der Waals surface area contributed by atoms with Crippen LogP contribution in [0.15, 0.2) is 54.6 Å². The highest BCUT2D eigenvalue weighted by molar-refractivity contribution is 6.02. The summed E-state index contributed by atoms with van der Waals surface area (Å²) in [5, 5.41) is 9.39. The van der Waals surface area contributed by atoms with E-state index >= 15 is 0 Å². The summed E-state index contributed by atoms with van der Waals surface area (Å²) in [6, 6.07) is 16.5. The molecule has 0 spiro atoms. The lowest BCUT2D eigenvalue weighted by Crippen LogP contribution is -2.52. The number of hydrogen-bond acceptors (Lipinski definition) is 4. The Kier molecular flexibility index (Phi) is 9.53. The summed E-state index contributed by atoms with van der Waals surface area (Å²) in [5.74, 6) is -1.49. The van der Waals surface area contributed by atoms with Crippen molar-refractivity contribution in [1.82, 2.24) is 4.90 Å². The monoisotopic (exact) mass is 460 g/mol. The number of halogens is 1. The number of carboxylic acids is 1. The Bertz CT molecular complexity index is 922. The Morgan fingerprint density at radius 3 is 2.50 bits per heavy atom. The van der Waals surface area contributed by atoms with Crippen molar-refractivity contribution in [3.63, 3.8) is 0 Å². The number of rotatable bonds is 8. The molecule has 0 unspecified atom stereocenters. The SMILES string of the molecule is CCOC(=O)N(CCCc1ccccc1)[C@H]1CCc2ccccc2N(CC(=O)O)C1=O.Cl. The normalized spacial score (nSPS) is 15.2. The first kappa shape index (κ1) is 25.2. The highest BCUT2D eigenvalue weighted by Gasteiger charge is 2.37. The predicted molar refractivity (Wildman–Crippen MR) is 124 cm³/mol. The van der Waals surface area contributed by atoms with Crippen LogP contribution in [0.5, 0.6) is 0 Å². The van der Waals surface area contributed by atoms with Gasteiger partial charge in [-0.2, -0.15) is 0 Å². The summed E-state index contributed by atoms with van der Waals surface area (Å²) in [6.07, 6.45) is 1.86. The molecule has 1 N–H and O–H groups in total. The molecular weight excluding hydrogens is 432 g/mol. The molecule has 1 aliphatic rings. The van der Waals surface area contributed by atoms with Crippen LogP contribution in [-0.2, 0) is 27.2 Å². The number of amides is 2. The summed E-state index contributed by atoms with van der Waals surface area (Å²) in [7, 11) is 0. The topological polar surface area (TPSA) is 87.2 Å². The van der Waals surface area contributed by atoms with Crippen LogP contribution < -0.4 is 4.90 Å². The van der Waals surface area contributed by atoms with E-state index in [-0.39, 0.29) is 24.9 Å². The minimum atomic E-state index is -1.10. The average molecular weight is 461 g/mol. The van der Waals surface area contributed by atoms with E-state index in [0.29, 0.717) is 31.5 Å². The van der Waals surface area contributed by atoms with Crippen molar-refractivity contribution >= 4 is 36.1 Å². The third-order valence-corrected chi connectivity index (χ3v) is 5.40. The number of carboxylic acid groups (broad SMARTS) is 1. The van der Waals surface area contributed by atoms with Crippen LogP contribution in [0.3, 0.4) is 0 Å². The molecule has 0 radical (unpaired) electrons. The minimum Gasteiger partial charge on any atom is -0.480 e. The second-order valence-corrected chi connectivity index (χ2v) is 7.48. The number of carbonyl (C=O) groups excluding carboxylic acids is 2. The summed E-state index contributed by atoms with van der Waals surface area (Å²) >= 11 is 0. The zero-order valence-electron chi connectivity index (χ0n) is 18.1. The molecule has 2 aromatic rings. The Balaban J connectivity index is 0.00000363. The first-order valence-corrected chi connectivity index (χ1v) is 10.6. The standard InChI is InChI=1S/C24H28N2O5.ClH/c1-2-31-24(30)25(16-8-11-18-9-4-3-5-10-18)21-15-14-19-12-6-7-13-20(19)26(23(21)29)17-22(27)28;/h3-7,9-10,12-13,21H,2,8,11,14-17H2,1H3,(H,27,28);1H/t21-;/m0./s1. The van der Waals surface area contributed by atoms with Gasteiger partial charge in [-0.3, -0.25) is 19.4 Å². The van der Waals surface area contributed by atoms with Crippen molar-refractivity contribution in [3.05, 3.63) is 65.7 Å². The average Bonchev–Trinajstić information content (AvgIpc) is 2.89. The van der Waals surface area contributed by atoms with Crippen molar-refractivity contribution < 1.29 is 24.2 Å². The molecule has 0 fully saturated rings. The third-order valence-electron chi connectivity index (χ3n) is 5.40. The predicted octanol–water partition coefficient (Wildman–Crippen LogP) is 3.93. The zero-order chi connectivity index (χ0) is 22.2. The highest BCUT2D eigenvalue weighted by atomic mass is 35.5. The second-order valence-electron chi connectivity index (χ2n) is 7.48. The smallest absolute Gasteiger partial charge is 0.410 e. The fourth-order valence-corrected chi connectivity index (χ4v) is 3.97. The number of ether oxygens (including phenoxy) is 1. The van der Waals surface area contributed by atoms with Crippen LogP contribution in [0, 0.1) is 0 Å². The van der Waals surface area contributed by atoms with Gasteiger partial charge in [0, 0.05) is 12.2 Å². The van der Waals surface area contributed by atoms with Crippen molar-refractivity contribution in [2.75, 3.05) is 24.6 Å². The molecule has 172 valence electrons. The van der Waals surface area contributed by atoms with Crippen molar-refractivity contribution in [3.8, 4) is 0 Å². The maximum atomic E-state index is 13.4. The van der Waals surface area contributed by atoms with Gasteiger partial charge in [0.25, 0.3) is 0 Å². The maximum Gasteiger partial charge on any atom is 0.410 e. The van der Waals surface area contributed by atoms with Crippen molar-refractivity contribution in [2.24, 2.45) is 0 Å². The summed E-state index contributed by atoms with van der Waals surface area (Å²) in [4.78, 5) is 40.4. The molecule has 32 heavy (non-hydrogen) atoms. The lowest BCUT2D eigenvalue weighted by molar-refractivity contribution is -0.137. The van der Waals surface area contributed by atoms with E-state index in [1.165, 1.54) is 9.80 Å². The lowest BCUT2D eigenvalue weighted by atomic mass is 10.0. The van der Waals surface area contributed by atoms with Gasteiger partial charge in [0.15, 0.2) is 0 Å². The molecule has 0 saturated carbocycles. The van der Waals surface area contributed by atoms with Crippen molar-refractivity contribution in [1.29, 1.82) is 0 Å². The van der Waals surface area contributed by atoms with Gasteiger partial charge in [-0.15, -0.1) is 12.4 Å². The fourth-order valence-electron chi connectivity index (χ4n) is 3.97. The van der Waals surface area contributed by atoms with Gasteiger partial charge >= 0.3 is 12.1 Å². The van der Waals surface area contributed by atoms with Crippen LogP contribution in [0.4, 0.5) is 10.5 Å². The number of hydrogen-bond donors (Lipinski definition) is 1. The molecule has 8 heteroatoms. The van der Waals surface area contributed by atoms with Crippen LogP contribution >= 0.6 is 12.4 Å². The van der Waals surface area contributed by atoms with E-state index in [1.807, 2.05) is 42.5 Å². The summed E-state index contributed by atoms with van der Waals surface area (Å²) in [5.41, 5.74) is 2.64. The van der Waals surface area contributed by atoms with Gasteiger partial charge in [0.05, 0.1) is 6.61 Å². The Labute approximate surface area is 194 Å². The molecule has 0 saturated heterocycles. The zero-order valence-corrected chi connectivity index (χ0v) is 18.9. The third kappa shape index (κ3) is 6.23. The molecule has 1 aliphatic heterocycles. The number of fused-ring (bicyclic) bond motifs is 1. The number of carbonyl (C=O) groups is 3. The molecule has 0 bridgehead atoms. The number of aliphatic carboxylic acids is 1. The van der Waals surface area contributed by atoms with Crippen LogP contribution in [0.25, 0.3) is 0 Å². The first-order valence-electron chi connectivity index (χ1n) is 10.6. The van der Waals surface area contributed by atoms with E-state index in [1.54, 1.807) is 19.1 Å². The molecule has 7 nitrogen and oxygen atoms in total. The Hall–Kier alpha value is -3.06. The van der Waals surface area contributed by atoms with Crippen molar-refractivity contribution in [2.45, 2.75) is 38.6 Å². The quantitative estimate of drug-likeness (QED) is 0.644. The van der Waals surface area contributed by atoms with Gasteiger partial charge in [0.1, 0.15) is 12.6 Å². The van der Waals surface area contributed by atoms with E-state index in [9.17, 15) is 19.5 Å². The van der Waals surface area contributed by atoms with Gasteiger partial charge in [0.2, 0.25) is 5.91 Å². The molecule has 2 aromatic carbocycles. The number of anilines is 1. The summed E-state index contributed by atoms with van der Waals surface area (Å²) in [6.45, 7) is 1.82. The highest BCUT2D eigenvalue weighted by Crippen LogP contribution is 2.29. The lowest BCUT2D eigenvalue weighted by Gasteiger charge is -2.32. The van der Waals surface area contributed by atoms with E-state index in [4.69, 9.17) is 4.74 Å². The van der Waals surface area contributed by atoms with E-state index < -0.39 is 24.6 Å². The fraction of sp³-hybridized carbons (Fsp3) is 0.375. The molecule has 2 amide bonds. The molecule has 0 aliphatic carbocycles. The molecule has 1 heterocycles. The van der Waals surface area contributed by atoms with Gasteiger partial charge in [-0.25, -0.2) is 4.79 Å². The van der Waals surface area contributed by atoms with Crippen LogP contribution in [-0.4, -0.2) is 53.7 Å². The molecule has 1 atom stereocenters. The number of aryl methyl sites for hydroxylation is 2. The molecule has 3 rings (SSSR count). The van der Waals surface area contributed by atoms with E-state index in [0.717, 1.165) is 17.5 Å². The number of para-hydroxylation sites is 1. The maximum absolute atomic E-state index is 13.4. The Morgan fingerprint density at radius 2 is 1.81 bits per heavy atom. The van der Waals surface area contributed by atoms with Gasteiger partial charge in [-0.05, 0) is 49.8 Å². The minimum absolute atomic E-state index is 0.